The van der Waals surface area contributed by atoms with Gasteiger partial charge in [0, 0.05) is 6.42 Å². The molecule has 4 nitrogen and oxygen atoms in total. The summed E-state index contributed by atoms with van der Waals surface area (Å²) in [6.45, 7) is 11.0. The number of rotatable bonds is 6. The molecule has 104 valence electrons. The molecule has 0 aliphatic rings. The molecule has 0 bridgehead atoms. The van der Waals surface area contributed by atoms with E-state index in [-0.39, 0.29) is 0 Å². The number of nitrogens with zero attached hydrogens (tertiary/aromatic N) is 4. The van der Waals surface area contributed by atoms with Crippen molar-refractivity contribution in [2.75, 3.05) is 0 Å². The molecule has 19 heavy (non-hydrogen) atoms. The molecular formula is C15H26N4+2. The van der Waals surface area contributed by atoms with Gasteiger partial charge in [-0.25, -0.2) is 18.3 Å². The minimum absolute atomic E-state index is 0.538. The van der Waals surface area contributed by atoms with Crippen molar-refractivity contribution in [1.82, 2.24) is 9.13 Å². The van der Waals surface area contributed by atoms with Crippen LogP contribution in [0.4, 0.5) is 0 Å². The van der Waals surface area contributed by atoms with Gasteiger partial charge in [0.1, 0.15) is 24.8 Å². The molecule has 0 atom stereocenters. The number of aromatic nitrogens is 4. The van der Waals surface area contributed by atoms with E-state index in [9.17, 15) is 0 Å². The molecule has 2 rings (SSSR count). The Balaban J connectivity index is 1.82. The first-order valence-electron chi connectivity index (χ1n) is 7.19. The van der Waals surface area contributed by atoms with Crippen molar-refractivity contribution in [1.29, 1.82) is 0 Å². The van der Waals surface area contributed by atoms with Crippen LogP contribution >= 0.6 is 0 Å². The Morgan fingerprint density at radius 3 is 1.53 bits per heavy atom. The highest BCUT2D eigenvalue weighted by molar-refractivity contribution is 4.70. The van der Waals surface area contributed by atoms with Crippen LogP contribution < -0.4 is 9.13 Å². The summed E-state index contributed by atoms with van der Waals surface area (Å²) in [7, 11) is 0. The smallest absolute Gasteiger partial charge is 0.237 e. The predicted octanol–water partition coefficient (Wildman–Crippen LogP) is 2.12. The van der Waals surface area contributed by atoms with Gasteiger partial charge in [0.25, 0.3) is 0 Å². The van der Waals surface area contributed by atoms with Crippen LogP contribution in [0.1, 0.15) is 46.2 Å². The molecule has 0 saturated heterocycles. The Bertz CT molecular complexity index is 461. The van der Waals surface area contributed by atoms with E-state index in [0.717, 1.165) is 19.5 Å². The zero-order chi connectivity index (χ0) is 13.8. The van der Waals surface area contributed by atoms with Crippen molar-refractivity contribution in [2.45, 2.75) is 59.3 Å². The second kappa shape index (κ2) is 6.04. The van der Waals surface area contributed by atoms with Crippen LogP contribution in [-0.4, -0.2) is 9.13 Å². The van der Waals surface area contributed by atoms with Crippen LogP contribution in [0, 0.1) is 0 Å². The highest BCUT2D eigenvalue weighted by Crippen LogP contribution is 2.01. The van der Waals surface area contributed by atoms with Crippen molar-refractivity contribution < 1.29 is 9.13 Å². The van der Waals surface area contributed by atoms with E-state index in [1.54, 1.807) is 0 Å². The Morgan fingerprint density at radius 1 is 0.789 bits per heavy atom. The molecule has 0 fully saturated rings. The van der Waals surface area contributed by atoms with Gasteiger partial charge in [-0.1, -0.05) is 0 Å². The molecule has 0 aromatic carbocycles. The first kappa shape index (κ1) is 13.8. The Morgan fingerprint density at radius 2 is 1.21 bits per heavy atom. The topological polar surface area (TPSA) is 17.6 Å². The zero-order valence-electron chi connectivity index (χ0n) is 12.5. The summed E-state index contributed by atoms with van der Waals surface area (Å²) in [6, 6.07) is 1.08. The van der Waals surface area contributed by atoms with E-state index >= 15 is 0 Å². The lowest BCUT2D eigenvalue weighted by Gasteiger charge is -1.99. The van der Waals surface area contributed by atoms with E-state index < -0.39 is 0 Å². The fraction of sp³-hybridized carbons (Fsp3) is 0.600. The maximum atomic E-state index is 2.26. The quantitative estimate of drug-likeness (QED) is 0.710. The van der Waals surface area contributed by atoms with E-state index in [4.69, 9.17) is 0 Å². The summed E-state index contributed by atoms with van der Waals surface area (Å²) in [4.78, 5) is 0. The second-order valence-electron chi connectivity index (χ2n) is 5.74. The second-order valence-corrected chi connectivity index (χ2v) is 5.74. The molecule has 2 aromatic rings. The van der Waals surface area contributed by atoms with Crippen LogP contribution in [-0.2, 0) is 13.1 Å². The molecule has 0 unspecified atom stereocenters. The molecule has 0 N–H and O–H groups in total. The van der Waals surface area contributed by atoms with Gasteiger partial charge in [0.05, 0.1) is 25.2 Å². The van der Waals surface area contributed by atoms with Crippen LogP contribution in [0.2, 0.25) is 0 Å². The highest BCUT2D eigenvalue weighted by Gasteiger charge is 2.09. The standard InChI is InChI=1S/C15H26N4/c1-14(2)18-10-8-16(12-18)6-5-7-17-9-11-19(13-17)15(3)4/h8-15H,5-7H2,1-4H3/q+2. The fourth-order valence-electron chi connectivity index (χ4n) is 2.13. The third-order valence-electron chi connectivity index (χ3n) is 3.45. The summed E-state index contributed by atoms with van der Waals surface area (Å²) >= 11 is 0. The van der Waals surface area contributed by atoms with E-state index in [1.165, 1.54) is 0 Å². The first-order chi connectivity index (χ1) is 9.06. The summed E-state index contributed by atoms with van der Waals surface area (Å²) in [5.74, 6) is 0. The molecule has 4 heteroatoms. The summed E-state index contributed by atoms with van der Waals surface area (Å²) < 4.78 is 9.00. The molecule has 0 aliphatic carbocycles. The van der Waals surface area contributed by atoms with Gasteiger partial charge in [0.15, 0.2) is 0 Å². The van der Waals surface area contributed by atoms with Crippen molar-refractivity contribution in [3.8, 4) is 0 Å². The van der Waals surface area contributed by atoms with Gasteiger partial charge in [0.2, 0.25) is 12.7 Å². The van der Waals surface area contributed by atoms with Gasteiger partial charge in [-0.05, 0) is 27.7 Å². The third kappa shape index (κ3) is 3.69. The maximum absolute atomic E-state index is 2.26. The normalized spacial score (nSPS) is 11.7. The lowest BCUT2D eigenvalue weighted by atomic mass is 10.4. The van der Waals surface area contributed by atoms with Crippen molar-refractivity contribution in [3.05, 3.63) is 37.4 Å². The molecule has 0 spiro atoms. The van der Waals surface area contributed by atoms with Crippen LogP contribution in [0.5, 0.6) is 0 Å². The Kier molecular flexibility index (Phi) is 4.40. The number of imidazole rings is 2. The first-order valence-corrected chi connectivity index (χ1v) is 7.19. The molecule has 2 heterocycles. The lowest BCUT2D eigenvalue weighted by molar-refractivity contribution is -0.726. The Labute approximate surface area is 115 Å². The summed E-state index contributed by atoms with van der Waals surface area (Å²) in [5.41, 5.74) is 0. The largest absolute Gasteiger partial charge is 0.243 e. The summed E-state index contributed by atoms with van der Waals surface area (Å²) in [6.07, 6.45) is 14.1. The SMILES string of the molecule is CC(C)n1cc[n+](CCC[n+]2ccn(C(C)C)c2)c1. The minimum atomic E-state index is 0.538. The molecule has 0 aliphatic heterocycles. The highest BCUT2D eigenvalue weighted by atomic mass is 15.1. The maximum Gasteiger partial charge on any atom is 0.243 e. The van der Waals surface area contributed by atoms with E-state index in [2.05, 4.69) is 83.4 Å². The van der Waals surface area contributed by atoms with Gasteiger partial charge < -0.3 is 0 Å². The average molecular weight is 262 g/mol. The monoisotopic (exact) mass is 262 g/mol. The number of hydrogen-bond donors (Lipinski definition) is 0. The number of hydrogen-bond acceptors (Lipinski definition) is 0. The molecule has 0 radical (unpaired) electrons. The molecule has 0 amide bonds. The Hall–Kier alpha value is -1.58. The van der Waals surface area contributed by atoms with Gasteiger partial charge in [-0.2, -0.15) is 0 Å². The molecule has 0 saturated carbocycles. The van der Waals surface area contributed by atoms with Gasteiger partial charge in [-0.15, -0.1) is 0 Å². The summed E-state index contributed by atoms with van der Waals surface area (Å²) in [5, 5.41) is 0. The van der Waals surface area contributed by atoms with Crippen molar-refractivity contribution in [2.24, 2.45) is 0 Å². The number of aryl methyl sites for hydroxylation is 2. The lowest BCUT2D eigenvalue weighted by Crippen LogP contribution is -2.37. The van der Waals surface area contributed by atoms with Gasteiger partial charge in [-0.3, -0.25) is 0 Å². The minimum Gasteiger partial charge on any atom is -0.237 e. The van der Waals surface area contributed by atoms with Crippen molar-refractivity contribution in [3.63, 3.8) is 0 Å². The van der Waals surface area contributed by atoms with E-state index in [0.29, 0.717) is 12.1 Å². The molecule has 2 aromatic heterocycles. The third-order valence-corrected chi connectivity index (χ3v) is 3.45. The molecular weight excluding hydrogens is 236 g/mol. The van der Waals surface area contributed by atoms with Crippen LogP contribution in [0.15, 0.2) is 37.4 Å². The van der Waals surface area contributed by atoms with Crippen molar-refractivity contribution >= 4 is 0 Å². The average Bonchev–Trinajstić information content (AvgIpc) is 2.97. The van der Waals surface area contributed by atoms with Gasteiger partial charge >= 0.3 is 0 Å². The zero-order valence-corrected chi connectivity index (χ0v) is 12.5. The fourth-order valence-corrected chi connectivity index (χ4v) is 2.13. The van der Waals surface area contributed by atoms with Crippen LogP contribution in [0.3, 0.4) is 0 Å². The van der Waals surface area contributed by atoms with Crippen LogP contribution in [0.25, 0.3) is 0 Å². The van der Waals surface area contributed by atoms with E-state index in [1.807, 2.05) is 0 Å². The predicted molar refractivity (Wildman–Crippen MR) is 74.6 cm³/mol.